The number of benzene rings is 4. The van der Waals surface area contributed by atoms with Crippen LogP contribution in [0.4, 0.5) is 10.7 Å². The average molecular weight is 760 g/mol. The van der Waals surface area contributed by atoms with Gasteiger partial charge >= 0.3 is 5.97 Å². The standard InChI is InChI=1S/C43H41N3O6S2/c1-3-52-32-24-22-28(23-25-32)26-35(45-39(47)30-16-9-5-10-17-30)40(48)44-31-18-13-19-33(27-31)53-38(29-14-7-4-8-15-29)41(49)46-42-37(43(50)51-2)34-20-11-6-12-21-36(34)54-42/h4-5,7-10,13-19,22-27,38H,3,6,11-12,20-21H2,1-2H3,(H,44,48)(H,45,47)(H,46,49)/b35-26+. The first kappa shape index (κ1) is 38.1. The van der Waals surface area contributed by atoms with Gasteiger partial charge in [-0.2, -0.15) is 0 Å². The summed E-state index contributed by atoms with van der Waals surface area (Å²) in [6.07, 6.45) is 6.35. The van der Waals surface area contributed by atoms with E-state index in [1.165, 1.54) is 30.2 Å². The van der Waals surface area contributed by atoms with Gasteiger partial charge in [0.25, 0.3) is 11.8 Å². The molecule has 276 valence electrons. The van der Waals surface area contributed by atoms with E-state index in [1.54, 1.807) is 72.8 Å². The second-order valence-corrected chi connectivity index (χ2v) is 14.8. The number of aryl methyl sites for hydroxylation is 1. The first-order valence-corrected chi connectivity index (χ1v) is 19.5. The number of rotatable bonds is 13. The fourth-order valence-electron chi connectivity index (χ4n) is 6.14. The molecule has 4 aromatic carbocycles. The molecule has 0 saturated carbocycles. The van der Waals surface area contributed by atoms with Gasteiger partial charge in [-0.1, -0.05) is 73.2 Å². The average Bonchev–Trinajstić information content (AvgIpc) is 3.36. The van der Waals surface area contributed by atoms with E-state index in [1.807, 2.05) is 49.4 Å². The third kappa shape index (κ3) is 9.66. The molecule has 6 rings (SSSR count). The van der Waals surface area contributed by atoms with Crippen molar-refractivity contribution in [2.45, 2.75) is 49.2 Å². The molecule has 1 atom stereocenters. The van der Waals surface area contributed by atoms with Crippen molar-refractivity contribution in [3.05, 3.63) is 148 Å². The number of carbonyl (C=O) groups is 4. The lowest BCUT2D eigenvalue weighted by atomic mass is 10.1. The lowest BCUT2D eigenvalue weighted by Crippen LogP contribution is -2.30. The highest BCUT2D eigenvalue weighted by Gasteiger charge is 2.29. The highest BCUT2D eigenvalue weighted by atomic mass is 32.2. The summed E-state index contributed by atoms with van der Waals surface area (Å²) in [6, 6.07) is 32.5. The number of thioether (sulfide) groups is 1. The van der Waals surface area contributed by atoms with Gasteiger partial charge in [-0.3, -0.25) is 14.4 Å². The third-order valence-corrected chi connectivity index (χ3v) is 11.2. The van der Waals surface area contributed by atoms with Crippen molar-refractivity contribution in [2.75, 3.05) is 24.4 Å². The number of anilines is 2. The number of amides is 3. The zero-order chi connectivity index (χ0) is 37.9. The Balaban J connectivity index is 1.24. The van der Waals surface area contributed by atoms with Crippen molar-refractivity contribution in [2.24, 2.45) is 0 Å². The molecule has 1 aliphatic rings. The van der Waals surface area contributed by atoms with Crippen LogP contribution in [0.5, 0.6) is 5.75 Å². The summed E-state index contributed by atoms with van der Waals surface area (Å²) >= 11 is 2.77. The van der Waals surface area contributed by atoms with Gasteiger partial charge < -0.3 is 25.4 Å². The molecule has 3 N–H and O–H groups in total. The van der Waals surface area contributed by atoms with Crippen molar-refractivity contribution in [1.82, 2.24) is 5.32 Å². The van der Waals surface area contributed by atoms with Crippen LogP contribution in [0.1, 0.15) is 73.7 Å². The fraction of sp³-hybridized carbons (Fsp3) is 0.209. The zero-order valence-electron chi connectivity index (χ0n) is 30.1. The molecule has 1 unspecified atom stereocenters. The Bertz CT molecular complexity index is 2130. The van der Waals surface area contributed by atoms with Crippen LogP contribution in [-0.4, -0.2) is 37.4 Å². The Morgan fingerprint density at radius 1 is 0.833 bits per heavy atom. The number of ether oxygens (including phenoxy) is 2. The van der Waals surface area contributed by atoms with Crippen molar-refractivity contribution >= 4 is 63.6 Å². The molecule has 0 aliphatic heterocycles. The van der Waals surface area contributed by atoms with Gasteiger partial charge in [0, 0.05) is 21.0 Å². The van der Waals surface area contributed by atoms with Crippen LogP contribution >= 0.6 is 23.1 Å². The van der Waals surface area contributed by atoms with Crippen molar-refractivity contribution in [3.63, 3.8) is 0 Å². The molecular formula is C43H41N3O6S2. The molecule has 0 radical (unpaired) electrons. The van der Waals surface area contributed by atoms with E-state index in [4.69, 9.17) is 9.47 Å². The molecule has 0 saturated heterocycles. The van der Waals surface area contributed by atoms with Crippen LogP contribution in [0, 0.1) is 0 Å². The second kappa shape index (κ2) is 18.4. The van der Waals surface area contributed by atoms with Crippen molar-refractivity contribution in [3.8, 4) is 5.75 Å². The molecule has 0 fully saturated rings. The molecule has 0 bridgehead atoms. The SMILES string of the molecule is CCOc1ccc(/C=C(/NC(=O)c2ccccc2)C(=O)Nc2cccc(SC(C(=O)Nc3sc4c(c3C(=O)OC)CCCCC4)c3ccccc3)c2)cc1. The van der Waals surface area contributed by atoms with Gasteiger partial charge in [-0.05, 0) is 97.8 Å². The van der Waals surface area contributed by atoms with Crippen LogP contribution in [0.3, 0.4) is 0 Å². The Morgan fingerprint density at radius 2 is 1.56 bits per heavy atom. The van der Waals surface area contributed by atoms with E-state index in [9.17, 15) is 19.2 Å². The topological polar surface area (TPSA) is 123 Å². The lowest BCUT2D eigenvalue weighted by Gasteiger charge is -2.18. The van der Waals surface area contributed by atoms with Crippen LogP contribution < -0.4 is 20.7 Å². The van der Waals surface area contributed by atoms with Gasteiger partial charge in [0.1, 0.15) is 21.7 Å². The maximum Gasteiger partial charge on any atom is 0.341 e. The Labute approximate surface area is 323 Å². The minimum absolute atomic E-state index is 0.0448. The Kier molecular flexibility index (Phi) is 13.0. The molecule has 9 nitrogen and oxygen atoms in total. The number of hydrogen-bond acceptors (Lipinski definition) is 8. The van der Waals surface area contributed by atoms with Crippen LogP contribution in [0.2, 0.25) is 0 Å². The number of carbonyl (C=O) groups excluding carboxylic acids is 4. The molecule has 5 aromatic rings. The van der Waals surface area contributed by atoms with Gasteiger partial charge in [0.05, 0.1) is 19.3 Å². The van der Waals surface area contributed by atoms with E-state index in [2.05, 4.69) is 16.0 Å². The normalized spacial score (nSPS) is 13.1. The highest BCUT2D eigenvalue weighted by Crippen LogP contribution is 2.41. The molecule has 0 spiro atoms. The number of fused-ring (bicyclic) bond motifs is 1. The molecule has 1 aliphatic carbocycles. The summed E-state index contributed by atoms with van der Waals surface area (Å²) in [5.41, 5.74) is 3.81. The predicted molar refractivity (Wildman–Crippen MR) is 215 cm³/mol. The van der Waals surface area contributed by atoms with Gasteiger partial charge in [-0.15, -0.1) is 23.1 Å². The van der Waals surface area contributed by atoms with Crippen LogP contribution in [-0.2, 0) is 27.2 Å². The Hall–Kier alpha value is -5.65. The second-order valence-electron chi connectivity index (χ2n) is 12.5. The van der Waals surface area contributed by atoms with Gasteiger partial charge in [0.2, 0.25) is 5.91 Å². The monoisotopic (exact) mass is 759 g/mol. The van der Waals surface area contributed by atoms with Crippen molar-refractivity contribution < 1.29 is 28.7 Å². The fourth-order valence-corrected chi connectivity index (χ4v) is 8.51. The van der Waals surface area contributed by atoms with E-state index in [0.717, 1.165) is 53.0 Å². The van der Waals surface area contributed by atoms with Gasteiger partial charge in [-0.25, -0.2) is 4.79 Å². The summed E-state index contributed by atoms with van der Waals surface area (Å²) in [5, 5.41) is 8.59. The van der Waals surface area contributed by atoms with E-state index >= 15 is 0 Å². The molecule has 11 heteroatoms. The summed E-state index contributed by atoms with van der Waals surface area (Å²) in [4.78, 5) is 56.0. The van der Waals surface area contributed by atoms with E-state index < -0.39 is 23.0 Å². The molecule has 54 heavy (non-hydrogen) atoms. The molecule has 3 amide bonds. The molecule has 1 aromatic heterocycles. The minimum Gasteiger partial charge on any atom is -0.494 e. The molecule has 1 heterocycles. The number of esters is 1. The summed E-state index contributed by atoms with van der Waals surface area (Å²) < 4.78 is 10.7. The summed E-state index contributed by atoms with van der Waals surface area (Å²) in [5.74, 6) is -0.999. The number of hydrogen-bond donors (Lipinski definition) is 3. The third-order valence-electron chi connectivity index (χ3n) is 8.76. The number of methoxy groups -OCH3 is 1. The number of thiophene rings is 1. The quantitative estimate of drug-likeness (QED) is 0.0474. The van der Waals surface area contributed by atoms with Crippen molar-refractivity contribution in [1.29, 1.82) is 0 Å². The largest absolute Gasteiger partial charge is 0.494 e. The van der Waals surface area contributed by atoms with E-state index in [-0.39, 0.29) is 11.6 Å². The van der Waals surface area contributed by atoms with Crippen LogP contribution in [0.15, 0.2) is 120 Å². The smallest absolute Gasteiger partial charge is 0.341 e. The highest BCUT2D eigenvalue weighted by molar-refractivity contribution is 8.00. The molecular weight excluding hydrogens is 719 g/mol. The summed E-state index contributed by atoms with van der Waals surface area (Å²) in [7, 11) is 1.36. The first-order valence-electron chi connectivity index (χ1n) is 17.8. The van der Waals surface area contributed by atoms with Crippen LogP contribution in [0.25, 0.3) is 6.08 Å². The lowest BCUT2D eigenvalue weighted by molar-refractivity contribution is -0.116. The summed E-state index contributed by atoms with van der Waals surface area (Å²) in [6.45, 7) is 2.43. The van der Waals surface area contributed by atoms with E-state index in [0.29, 0.717) is 39.7 Å². The predicted octanol–water partition coefficient (Wildman–Crippen LogP) is 9.08. The minimum atomic E-state index is -0.690. The Morgan fingerprint density at radius 3 is 2.28 bits per heavy atom. The maximum absolute atomic E-state index is 14.2. The zero-order valence-corrected chi connectivity index (χ0v) is 31.7. The van der Waals surface area contributed by atoms with Gasteiger partial charge in [0.15, 0.2) is 0 Å². The number of nitrogens with one attached hydrogen (secondary N) is 3. The first-order chi connectivity index (χ1) is 26.3. The maximum atomic E-state index is 14.2.